The highest BCUT2D eigenvalue weighted by atomic mass is 32.2. The van der Waals surface area contributed by atoms with Crippen molar-refractivity contribution in [3.05, 3.63) is 0 Å². The number of thioether (sulfide) groups is 1. The SMILES string of the molecule is CNCC1CCN(CC2(SC)CC2)C1. The number of nitrogens with one attached hydrogen (secondary N) is 1. The summed E-state index contributed by atoms with van der Waals surface area (Å²) in [6.07, 6.45) is 6.56. The van der Waals surface area contributed by atoms with E-state index in [4.69, 9.17) is 0 Å². The fourth-order valence-corrected chi connectivity index (χ4v) is 3.31. The lowest BCUT2D eigenvalue weighted by Crippen LogP contribution is -2.31. The van der Waals surface area contributed by atoms with Gasteiger partial charge in [-0.3, -0.25) is 0 Å². The Balaban J connectivity index is 1.73. The van der Waals surface area contributed by atoms with Gasteiger partial charge in [0.05, 0.1) is 0 Å². The molecule has 1 atom stereocenters. The summed E-state index contributed by atoms with van der Waals surface area (Å²) in [6.45, 7) is 5.19. The van der Waals surface area contributed by atoms with Crippen LogP contribution in [0.25, 0.3) is 0 Å². The van der Waals surface area contributed by atoms with Crippen LogP contribution in [0.5, 0.6) is 0 Å². The van der Waals surface area contributed by atoms with E-state index in [9.17, 15) is 0 Å². The van der Waals surface area contributed by atoms with Crippen LogP contribution in [0.4, 0.5) is 0 Å². The molecule has 82 valence electrons. The first-order valence-corrected chi connectivity index (χ1v) is 6.92. The van der Waals surface area contributed by atoms with Gasteiger partial charge in [0.2, 0.25) is 0 Å². The van der Waals surface area contributed by atoms with Crippen LogP contribution >= 0.6 is 11.8 Å². The summed E-state index contributed by atoms with van der Waals surface area (Å²) >= 11 is 2.08. The van der Waals surface area contributed by atoms with Gasteiger partial charge < -0.3 is 10.2 Å². The number of likely N-dealkylation sites (tertiary alicyclic amines) is 1. The van der Waals surface area contributed by atoms with Crippen molar-refractivity contribution >= 4 is 11.8 Å². The lowest BCUT2D eigenvalue weighted by Gasteiger charge is -2.21. The molecule has 3 heteroatoms. The average Bonchev–Trinajstić information content (AvgIpc) is 2.82. The fourth-order valence-electron chi connectivity index (χ4n) is 2.49. The molecule has 2 aliphatic rings. The summed E-state index contributed by atoms with van der Waals surface area (Å²) in [5, 5.41) is 3.29. The Hall–Kier alpha value is 0.270. The molecule has 2 rings (SSSR count). The Kier molecular flexibility index (Phi) is 3.40. The van der Waals surface area contributed by atoms with Crippen molar-refractivity contribution in [3.63, 3.8) is 0 Å². The van der Waals surface area contributed by atoms with Crippen molar-refractivity contribution in [2.45, 2.75) is 24.0 Å². The molecule has 0 bridgehead atoms. The number of nitrogens with zero attached hydrogens (tertiary/aromatic N) is 1. The summed E-state index contributed by atoms with van der Waals surface area (Å²) in [5.74, 6) is 0.901. The summed E-state index contributed by atoms with van der Waals surface area (Å²) in [6, 6.07) is 0. The third-order valence-electron chi connectivity index (χ3n) is 3.62. The molecule has 1 saturated heterocycles. The van der Waals surface area contributed by atoms with Gasteiger partial charge in [-0.05, 0) is 51.6 Å². The highest BCUT2D eigenvalue weighted by molar-refractivity contribution is 8.00. The van der Waals surface area contributed by atoms with Crippen molar-refractivity contribution < 1.29 is 0 Å². The lowest BCUT2D eigenvalue weighted by molar-refractivity contribution is 0.319. The van der Waals surface area contributed by atoms with E-state index in [1.807, 2.05) is 0 Å². The Morgan fingerprint density at radius 2 is 2.29 bits per heavy atom. The smallest absolute Gasteiger partial charge is 0.0285 e. The monoisotopic (exact) mass is 214 g/mol. The molecule has 1 aliphatic carbocycles. The van der Waals surface area contributed by atoms with Gasteiger partial charge in [-0.2, -0.15) is 11.8 Å². The zero-order chi connectivity index (χ0) is 10.0. The largest absolute Gasteiger partial charge is 0.319 e. The van der Waals surface area contributed by atoms with Gasteiger partial charge in [0.1, 0.15) is 0 Å². The summed E-state index contributed by atoms with van der Waals surface area (Å²) in [7, 11) is 2.06. The molecule has 1 heterocycles. The number of hydrogen-bond acceptors (Lipinski definition) is 3. The lowest BCUT2D eigenvalue weighted by atomic mass is 10.1. The van der Waals surface area contributed by atoms with Crippen molar-refractivity contribution in [1.82, 2.24) is 10.2 Å². The molecule has 0 aromatic heterocycles. The molecular formula is C11H22N2S. The maximum absolute atomic E-state index is 3.29. The van der Waals surface area contributed by atoms with Crippen LogP contribution in [0, 0.1) is 5.92 Å². The Morgan fingerprint density at radius 1 is 1.50 bits per heavy atom. The summed E-state index contributed by atoms with van der Waals surface area (Å²) < 4.78 is 0.661. The molecule has 0 aromatic rings. The second-order valence-electron chi connectivity index (χ2n) is 4.83. The van der Waals surface area contributed by atoms with Crippen molar-refractivity contribution in [2.75, 3.05) is 39.5 Å². The van der Waals surface area contributed by atoms with Gasteiger partial charge in [0, 0.05) is 17.8 Å². The number of rotatable bonds is 5. The summed E-state index contributed by atoms with van der Waals surface area (Å²) in [4.78, 5) is 2.67. The molecule has 0 spiro atoms. The average molecular weight is 214 g/mol. The standard InChI is InChI=1S/C11H22N2S/c1-12-7-10-3-6-13(8-10)9-11(14-2)4-5-11/h10,12H,3-9H2,1-2H3. The predicted octanol–water partition coefficient (Wildman–Crippen LogP) is 1.42. The van der Waals surface area contributed by atoms with E-state index in [1.54, 1.807) is 0 Å². The Labute approximate surface area is 91.8 Å². The molecule has 2 nitrogen and oxygen atoms in total. The maximum Gasteiger partial charge on any atom is 0.0285 e. The van der Waals surface area contributed by atoms with Gasteiger partial charge in [0.25, 0.3) is 0 Å². The first-order valence-electron chi connectivity index (χ1n) is 5.70. The van der Waals surface area contributed by atoms with Crippen LogP contribution in [0.2, 0.25) is 0 Å². The van der Waals surface area contributed by atoms with Crippen LogP contribution in [0.3, 0.4) is 0 Å². The maximum atomic E-state index is 3.29. The second kappa shape index (κ2) is 4.42. The van der Waals surface area contributed by atoms with Crippen LogP contribution in [-0.2, 0) is 0 Å². The molecule has 0 aromatic carbocycles. The minimum Gasteiger partial charge on any atom is -0.319 e. The van der Waals surface area contributed by atoms with Crippen molar-refractivity contribution in [1.29, 1.82) is 0 Å². The second-order valence-corrected chi connectivity index (χ2v) is 6.11. The highest BCUT2D eigenvalue weighted by Gasteiger charge is 2.43. The van der Waals surface area contributed by atoms with Gasteiger partial charge in [-0.25, -0.2) is 0 Å². The molecule has 0 amide bonds. The minimum atomic E-state index is 0.661. The van der Waals surface area contributed by atoms with Gasteiger partial charge in [-0.15, -0.1) is 0 Å². The Morgan fingerprint density at radius 3 is 2.86 bits per heavy atom. The third kappa shape index (κ3) is 2.44. The zero-order valence-electron chi connectivity index (χ0n) is 9.38. The first-order chi connectivity index (χ1) is 6.78. The molecule has 1 unspecified atom stereocenters. The molecule has 1 N–H and O–H groups in total. The van der Waals surface area contributed by atoms with E-state index >= 15 is 0 Å². The molecule has 0 radical (unpaired) electrons. The third-order valence-corrected chi connectivity index (χ3v) is 5.02. The Bertz CT molecular complexity index is 192. The van der Waals surface area contributed by atoms with Crippen molar-refractivity contribution in [3.8, 4) is 0 Å². The first kappa shape index (κ1) is 10.8. The molecule has 1 aliphatic heterocycles. The van der Waals surface area contributed by atoms with E-state index < -0.39 is 0 Å². The molecular weight excluding hydrogens is 192 g/mol. The van der Waals surface area contributed by atoms with Crippen LogP contribution < -0.4 is 5.32 Å². The van der Waals surface area contributed by atoms with Crippen LogP contribution in [0.15, 0.2) is 0 Å². The quantitative estimate of drug-likeness (QED) is 0.745. The topological polar surface area (TPSA) is 15.3 Å². The van der Waals surface area contributed by atoms with Gasteiger partial charge in [0.15, 0.2) is 0 Å². The highest BCUT2D eigenvalue weighted by Crippen LogP contribution is 2.48. The van der Waals surface area contributed by atoms with E-state index in [0.29, 0.717) is 4.75 Å². The minimum absolute atomic E-state index is 0.661. The molecule has 2 fully saturated rings. The summed E-state index contributed by atoms with van der Waals surface area (Å²) in [5.41, 5.74) is 0. The van der Waals surface area contributed by atoms with E-state index in [1.165, 1.54) is 45.4 Å². The molecule has 14 heavy (non-hydrogen) atoms. The van der Waals surface area contributed by atoms with E-state index in [2.05, 4.69) is 35.3 Å². The van der Waals surface area contributed by atoms with Crippen LogP contribution in [0.1, 0.15) is 19.3 Å². The molecule has 1 saturated carbocycles. The van der Waals surface area contributed by atoms with Gasteiger partial charge in [-0.1, -0.05) is 0 Å². The zero-order valence-corrected chi connectivity index (χ0v) is 10.2. The number of hydrogen-bond donors (Lipinski definition) is 1. The van der Waals surface area contributed by atoms with E-state index in [-0.39, 0.29) is 0 Å². The van der Waals surface area contributed by atoms with Crippen LogP contribution in [-0.4, -0.2) is 49.1 Å². The van der Waals surface area contributed by atoms with E-state index in [0.717, 1.165) is 5.92 Å². The fraction of sp³-hybridized carbons (Fsp3) is 1.00. The van der Waals surface area contributed by atoms with Gasteiger partial charge >= 0.3 is 0 Å². The van der Waals surface area contributed by atoms with Crippen molar-refractivity contribution in [2.24, 2.45) is 5.92 Å². The predicted molar refractivity (Wildman–Crippen MR) is 64.0 cm³/mol. The normalized spacial score (nSPS) is 30.9.